The van der Waals surface area contributed by atoms with Crippen LogP contribution in [0.2, 0.25) is 0 Å². The Hall–Kier alpha value is -1.58. The summed E-state index contributed by atoms with van der Waals surface area (Å²) in [7, 11) is 0. The van der Waals surface area contributed by atoms with Gasteiger partial charge in [-0.3, -0.25) is 9.98 Å². The molecule has 1 atom stereocenters. The number of aliphatic imine (C=N–C) groups is 1. The van der Waals surface area contributed by atoms with Crippen LogP contribution in [0, 0.1) is 0 Å². The highest BCUT2D eigenvalue weighted by molar-refractivity contribution is 5.82. The molecule has 1 aliphatic carbocycles. The average molecular weight is 216 g/mol. The van der Waals surface area contributed by atoms with E-state index in [1.54, 1.807) is 0 Å². The summed E-state index contributed by atoms with van der Waals surface area (Å²) >= 11 is 0. The predicted molar refractivity (Wildman–Crippen MR) is 62.9 cm³/mol. The second-order valence-electron chi connectivity index (χ2n) is 4.79. The fourth-order valence-corrected chi connectivity index (χ4v) is 2.50. The number of pyridine rings is 1. The molecular formula is C12H16N4. The van der Waals surface area contributed by atoms with Gasteiger partial charge in [0, 0.05) is 18.4 Å². The number of rotatable bonds is 2. The van der Waals surface area contributed by atoms with Crippen molar-refractivity contribution in [3.05, 3.63) is 30.1 Å². The van der Waals surface area contributed by atoms with Crippen LogP contribution in [0.3, 0.4) is 0 Å². The highest BCUT2D eigenvalue weighted by Crippen LogP contribution is 2.40. The molecule has 0 radical (unpaired) electrons. The Balaban J connectivity index is 1.99. The van der Waals surface area contributed by atoms with Gasteiger partial charge in [0.05, 0.1) is 12.1 Å². The predicted octanol–water partition coefficient (Wildman–Crippen LogP) is 1.09. The van der Waals surface area contributed by atoms with Crippen LogP contribution in [-0.4, -0.2) is 28.4 Å². The van der Waals surface area contributed by atoms with Crippen molar-refractivity contribution in [1.82, 2.24) is 9.88 Å². The molecule has 2 N–H and O–H groups in total. The minimum absolute atomic E-state index is 0.0752. The summed E-state index contributed by atoms with van der Waals surface area (Å²) < 4.78 is 0. The third-order valence-electron chi connectivity index (χ3n) is 3.54. The molecule has 0 aromatic carbocycles. The van der Waals surface area contributed by atoms with Gasteiger partial charge in [0.25, 0.3) is 0 Å². The number of hydrogen-bond donors (Lipinski definition) is 1. The Labute approximate surface area is 95.2 Å². The largest absolute Gasteiger partial charge is 0.370 e. The van der Waals surface area contributed by atoms with Gasteiger partial charge in [0.1, 0.15) is 0 Å². The summed E-state index contributed by atoms with van der Waals surface area (Å²) in [6.45, 7) is 2.96. The van der Waals surface area contributed by atoms with Crippen LogP contribution < -0.4 is 5.73 Å². The van der Waals surface area contributed by atoms with E-state index >= 15 is 0 Å². The smallest absolute Gasteiger partial charge is 0.192 e. The first-order valence-electron chi connectivity index (χ1n) is 5.71. The van der Waals surface area contributed by atoms with Crippen LogP contribution in [0.15, 0.2) is 29.5 Å². The van der Waals surface area contributed by atoms with Crippen LogP contribution in [0.1, 0.15) is 25.3 Å². The molecule has 2 aliphatic rings. The van der Waals surface area contributed by atoms with E-state index in [1.165, 1.54) is 18.4 Å². The first-order valence-corrected chi connectivity index (χ1v) is 5.71. The summed E-state index contributed by atoms with van der Waals surface area (Å²) in [5, 5.41) is 0. The summed E-state index contributed by atoms with van der Waals surface area (Å²) in [5.74, 6) is 0.696. The van der Waals surface area contributed by atoms with Crippen LogP contribution in [0.5, 0.6) is 0 Å². The second-order valence-corrected chi connectivity index (χ2v) is 4.79. The van der Waals surface area contributed by atoms with Crippen molar-refractivity contribution in [3.8, 4) is 0 Å². The molecule has 0 saturated heterocycles. The van der Waals surface area contributed by atoms with Gasteiger partial charge in [-0.05, 0) is 37.5 Å². The summed E-state index contributed by atoms with van der Waals surface area (Å²) in [6.07, 6.45) is 6.13. The maximum Gasteiger partial charge on any atom is 0.192 e. The van der Waals surface area contributed by atoms with Crippen molar-refractivity contribution >= 4 is 5.96 Å². The minimum atomic E-state index is -0.0752. The molecule has 16 heavy (non-hydrogen) atoms. The summed E-state index contributed by atoms with van der Waals surface area (Å²) in [5.41, 5.74) is 7.17. The zero-order valence-electron chi connectivity index (χ0n) is 9.43. The quantitative estimate of drug-likeness (QED) is 0.805. The lowest BCUT2D eigenvalue weighted by Crippen LogP contribution is -2.48. The summed E-state index contributed by atoms with van der Waals surface area (Å²) in [6, 6.07) is 4.71. The number of hydrogen-bond acceptors (Lipinski definition) is 4. The monoisotopic (exact) mass is 216 g/mol. The highest BCUT2D eigenvalue weighted by atomic mass is 15.4. The fourth-order valence-electron chi connectivity index (χ4n) is 2.50. The Morgan fingerprint density at radius 1 is 1.38 bits per heavy atom. The molecule has 3 rings (SSSR count). The lowest BCUT2D eigenvalue weighted by atomic mass is 9.92. The average Bonchev–Trinajstić information content (AvgIpc) is 3.08. The number of nitrogens with two attached hydrogens (primary N) is 1. The maximum atomic E-state index is 5.99. The topological polar surface area (TPSA) is 54.5 Å². The molecule has 0 bridgehead atoms. The van der Waals surface area contributed by atoms with E-state index in [-0.39, 0.29) is 5.54 Å². The molecule has 1 aliphatic heterocycles. The van der Waals surface area contributed by atoms with E-state index in [2.05, 4.69) is 33.9 Å². The van der Waals surface area contributed by atoms with Crippen molar-refractivity contribution < 1.29 is 0 Å². The number of nitrogens with zero attached hydrogens (tertiary/aromatic N) is 3. The molecule has 1 unspecified atom stereocenters. The van der Waals surface area contributed by atoms with Gasteiger partial charge in [0.15, 0.2) is 5.96 Å². The molecule has 1 aromatic heterocycles. The lowest BCUT2D eigenvalue weighted by molar-refractivity contribution is 0.216. The van der Waals surface area contributed by atoms with Crippen molar-refractivity contribution in [2.24, 2.45) is 10.7 Å². The van der Waals surface area contributed by atoms with Crippen molar-refractivity contribution in [1.29, 1.82) is 0 Å². The fraction of sp³-hybridized carbons (Fsp3) is 0.500. The van der Waals surface area contributed by atoms with Gasteiger partial charge in [-0.1, -0.05) is 0 Å². The zero-order chi connectivity index (χ0) is 11.2. The molecule has 0 amide bonds. The maximum absolute atomic E-state index is 5.99. The molecule has 4 nitrogen and oxygen atoms in total. The Morgan fingerprint density at radius 2 is 2.06 bits per heavy atom. The third kappa shape index (κ3) is 1.29. The van der Waals surface area contributed by atoms with Crippen LogP contribution >= 0.6 is 0 Å². The van der Waals surface area contributed by atoms with Crippen molar-refractivity contribution in [2.45, 2.75) is 31.3 Å². The Bertz CT molecular complexity index is 424. The number of aromatic nitrogens is 1. The third-order valence-corrected chi connectivity index (χ3v) is 3.54. The normalized spacial score (nSPS) is 29.3. The molecule has 4 heteroatoms. The second kappa shape index (κ2) is 3.20. The number of guanidine groups is 1. The Kier molecular flexibility index (Phi) is 1.93. The Morgan fingerprint density at radius 3 is 2.69 bits per heavy atom. The van der Waals surface area contributed by atoms with Crippen LogP contribution in [-0.2, 0) is 5.54 Å². The first-order chi connectivity index (χ1) is 7.72. The van der Waals surface area contributed by atoms with Gasteiger partial charge in [-0.15, -0.1) is 0 Å². The van der Waals surface area contributed by atoms with Gasteiger partial charge < -0.3 is 10.6 Å². The molecule has 1 saturated carbocycles. The highest BCUT2D eigenvalue weighted by Gasteiger charge is 2.46. The van der Waals surface area contributed by atoms with E-state index < -0.39 is 0 Å². The minimum Gasteiger partial charge on any atom is -0.370 e. The first kappa shape index (κ1) is 9.63. The lowest BCUT2D eigenvalue weighted by Gasteiger charge is -2.36. The summed E-state index contributed by atoms with van der Waals surface area (Å²) in [4.78, 5) is 10.8. The van der Waals surface area contributed by atoms with Crippen LogP contribution in [0.25, 0.3) is 0 Å². The molecule has 2 heterocycles. The van der Waals surface area contributed by atoms with Crippen molar-refractivity contribution in [2.75, 3.05) is 6.54 Å². The van der Waals surface area contributed by atoms with E-state index in [4.69, 9.17) is 5.73 Å². The molecule has 1 fully saturated rings. The van der Waals surface area contributed by atoms with E-state index in [0.717, 1.165) is 6.54 Å². The van der Waals surface area contributed by atoms with Gasteiger partial charge in [-0.25, -0.2) is 0 Å². The van der Waals surface area contributed by atoms with E-state index in [9.17, 15) is 0 Å². The van der Waals surface area contributed by atoms with Gasteiger partial charge in [-0.2, -0.15) is 0 Å². The molecule has 1 aromatic rings. The molecule has 0 spiro atoms. The van der Waals surface area contributed by atoms with Crippen molar-refractivity contribution in [3.63, 3.8) is 0 Å². The zero-order valence-corrected chi connectivity index (χ0v) is 9.43. The van der Waals surface area contributed by atoms with Crippen LogP contribution in [0.4, 0.5) is 0 Å². The van der Waals surface area contributed by atoms with E-state index in [1.807, 2.05) is 12.4 Å². The van der Waals surface area contributed by atoms with E-state index in [0.29, 0.717) is 12.0 Å². The van der Waals surface area contributed by atoms with Gasteiger partial charge in [0.2, 0.25) is 0 Å². The SMILES string of the molecule is CC1(c2ccncc2)CN=C(N)N1C1CC1. The standard InChI is InChI=1S/C12H16N4/c1-12(9-4-6-14-7-5-9)8-15-11(13)16(12)10-2-3-10/h4-7,10H,2-3,8H2,1H3,(H2,13,15). The molecule has 84 valence electrons. The van der Waals surface area contributed by atoms with Gasteiger partial charge >= 0.3 is 0 Å². The molecular weight excluding hydrogens is 200 g/mol.